The molecule has 86 valence electrons. The minimum absolute atomic E-state index is 0.268. The van der Waals surface area contributed by atoms with E-state index in [1.807, 2.05) is 6.07 Å². The van der Waals surface area contributed by atoms with Crippen molar-refractivity contribution in [2.45, 2.75) is 31.7 Å². The molecule has 1 saturated heterocycles. The maximum atomic E-state index is 5.91. The fourth-order valence-electron chi connectivity index (χ4n) is 2.62. The average Bonchev–Trinajstić information content (AvgIpc) is 2.94. The predicted molar refractivity (Wildman–Crippen MR) is 64.5 cm³/mol. The first kappa shape index (κ1) is 10.1. The standard InChI is InChI=1S/C11H15ClN4/c12-9-6-10(15-11(13)14-9)16-5-1-2-8(16)7-3-4-7/h6-8H,1-5H2,(H2,13,14,15). The van der Waals surface area contributed by atoms with Gasteiger partial charge in [-0.15, -0.1) is 0 Å². The van der Waals surface area contributed by atoms with E-state index in [1.54, 1.807) is 0 Å². The highest BCUT2D eigenvalue weighted by Gasteiger charge is 2.38. The van der Waals surface area contributed by atoms with Gasteiger partial charge < -0.3 is 10.6 Å². The summed E-state index contributed by atoms with van der Waals surface area (Å²) >= 11 is 5.91. The van der Waals surface area contributed by atoms with Crippen LogP contribution < -0.4 is 10.6 Å². The Kier molecular flexibility index (Phi) is 2.39. The zero-order valence-electron chi connectivity index (χ0n) is 9.06. The first-order valence-corrected chi connectivity index (χ1v) is 6.18. The molecule has 1 aliphatic heterocycles. The van der Waals surface area contributed by atoms with E-state index in [4.69, 9.17) is 17.3 Å². The van der Waals surface area contributed by atoms with E-state index in [0.29, 0.717) is 11.2 Å². The first-order valence-electron chi connectivity index (χ1n) is 5.81. The van der Waals surface area contributed by atoms with Crippen LogP contribution in [0.2, 0.25) is 5.15 Å². The molecule has 16 heavy (non-hydrogen) atoms. The van der Waals surface area contributed by atoms with Crippen LogP contribution >= 0.6 is 11.6 Å². The molecule has 4 nitrogen and oxygen atoms in total. The van der Waals surface area contributed by atoms with Gasteiger partial charge >= 0.3 is 0 Å². The smallest absolute Gasteiger partial charge is 0.223 e. The zero-order chi connectivity index (χ0) is 11.1. The van der Waals surface area contributed by atoms with Crippen molar-refractivity contribution in [1.82, 2.24) is 9.97 Å². The molecule has 1 aromatic heterocycles. The van der Waals surface area contributed by atoms with Gasteiger partial charge in [-0.05, 0) is 31.6 Å². The van der Waals surface area contributed by atoms with Crippen LogP contribution in [-0.4, -0.2) is 22.6 Å². The van der Waals surface area contributed by atoms with E-state index >= 15 is 0 Å². The Hall–Kier alpha value is -1.03. The van der Waals surface area contributed by atoms with Crippen LogP contribution in [0.5, 0.6) is 0 Å². The fourth-order valence-corrected chi connectivity index (χ4v) is 2.80. The molecule has 1 atom stereocenters. The Morgan fingerprint density at radius 2 is 2.12 bits per heavy atom. The Labute approximate surface area is 99.8 Å². The molecule has 1 unspecified atom stereocenters. The molecule has 5 heteroatoms. The predicted octanol–water partition coefficient (Wildman–Crippen LogP) is 2.09. The number of halogens is 1. The molecule has 0 bridgehead atoms. The summed E-state index contributed by atoms with van der Waals surface area (Å²) in [6.07, 6.45) is 5.22. The molecule has 0 aromatic carbocycles. The van der Waals surface area contributed by atoms with Gasteiger partial charge in [-0.25, -0.2) is 4.98 Å². The van der Waals surface area contributed by atoms with Crippen molar-refractivity contribution in [2.75, 3.05) is 17.2 Å². The van der Waals surface area contributed by atoms with Crippen molar-refractivity contribution in [1.29, 1.82) is 0 Å². The van der Waals surface area contributed by atoms with Crippen LogP contribution in [0.4, 0.5) is 11.8 Å². The van der Waals surface area contributed by atoms with E-state index in [1.165, 1.54) is 25.7 Å². The average molecular weight is 239 g/mol. The summed E-state index contributed by atoms with van der Waals surface area (Å²) < 4.78 is 0. The van der Waals surface area contributed by atoms with Crippen LogP contribution in [0.15, 0.2) is 6.07 Å². The van der Waals surface area contributed by atoms with Gasteiger partial charge in [-0.1, -0.05) is 11.6 Å². The number of aromatic nitrogens is 2. The molecule has 2 heterocycles. The minimum atomic E-state index is 0.268. The van der Waals surface area contributed by atoms with Crippen molar-refractivity contribution in [2.24, 2.45) is 5.92 Å². The van der Waals surface area contributed by atoms with Crippen molar-refractivity contribution in [3.8, 4) is 0 Å². The van der Waals surface area contributed by atoms with E-state index < -0.39 is 0 Å². The highest BCUT2D eigenvalue weighted by atomic mass is 35.5. The van der Waals surface area contributed by atoms with Crippen molar-refractivity contribution in [3.05, 3.63) is 11.2 Å². The van der Waals surface area contributed by atoms with Crippen LogP contribution in [0.3, 0.4) is 0 Å². The molecule has 1 saturated carbocycles. The molecule has 0 amide bonds. The third-order valence-electron chi connectivity index (χ3n) is 3.46. The van der Waals surface area contributed by atoms with E-state index in [9.17, 15) is 0 Å². The number of rotatable bonds is 2. The third kappa shape index (κ3) is 1.82. The summed E-state index contributed by atoms with van der Waals surface area (Å²) in [4.78, 5) is 10.5. The minimum Gasteiger partial charge on any atom is -0.368 e. The topological polar surface area (TPSA) is 55.0 Å². The lowest BCUT2D eigenvalue weighted by molar-refractivity contribution is 0.588. The molecular weight excluding hydrogens is 224 g/mol. The monoisotopic (exact) mass is 238 g/mol. The second kappa shape index (κ2) is 3.77. The summed E-state index contributed by atoms with van der Waals surface area (Å²) in [7, 11) is 0. The lowest BCUT2D eigenvalue weighted by Crippen LogP contribution is -2.31. The normalized spacial score (nSPS) is 25.1. The van der Waals surface area contributed by atoms with E-state index in [0.717, 1.165) is 18.3 Å². The van der Waals surface area contributed by atoms with Crippen molar-refractivity contribution < 1.29 is 0 Å². The molecule has 2 N–H and O–H groups in total. The molecule has 1 aromatic rings. The van der Waals surface area contributed by atoms with E-state index in [-0.39, 0.29) is 5.95 Å². The zero-order valence-corrected chi connectivity index (χ0v) is 9.82. The number of nitrogens with two attached hydrogens (primary N) is 1. The summed E-state index contributed by atoms with van der Waals surface area (Å²) in [6, 6.07) is 2.46. The summed E-state index contributed by atoms with van der Waals surface area (Å²) in [6.45, 7) is 1.06. The van der Waals surface area contributed by atoms with Gasteiger partial charge in [0.05, 0.1) is 0 Å². The molecule has 0 radical (unpaired) electrons. The number of nitrogen functional groups attached to an aromatic ring is 1. The van der Waals surface area contributed by atoms with Crippen LogP contribution in [-0.2, 0) is 0 Å². The Bertz CT molecular complexity index is 385. The molecular formula is C11H15ClN4. The van der Waals surface area contributed by atoms with Gasteiger partial charge in [-0.3, -0.25) is 0 Å². The first-order chi connectivity index (χ1) is 7.74. The largest absolute Gasteiger partial charge is 0.368 e. The second-order valence-corrected chi connectivity index (χ2v) is 5.03. The van der Waals surface area contributed by atoms with Crippen LogP contribution in [0.1, 0.15) is 25.7 Å². The van der Waals surface area contributed by atoms with Crippen molar-refractivity contribution >= 4 is 23.4 Å². The lowest BCUT2D eigenvalue weighted by atomic mass is 10.1. The molecule has 2 fully saturated rings. The molecule has 3 rings (SSSR count). The lowest BCUT2D eigenvalue weighted by Gasteiger charge is -2.25. The molecule has 1 aliphatic carbocycles. The third-order valence-corrected chi connectivity index (χ3v) is 3.65. The van der Waals surface area contributed by atoms with Gasteiger partial charge in [0.15, 0.2) is 0 Å². The molecule has 2 aliphatic rings. The van der Waals surface area contributed by atoms with Crippen LogP contribution in [0.25, 0.3) is 0 Å². The number of hydrogen-bond acceptors (Lipinski definition) is 4. The van der Waals surface area contributed by atoms with Crippen LogP contribution in [0, 0.1) is 5.92 Å². The Morgan fingerprint density at radius 3 is 2.81 bits per heavy atom. The quantitative estimate of drug-likeness (QED) is 0.802. The molecule has 0 spiro atoms. The van der Waals surface area contributed by atoms with E-state index in [2.05, 4.69) is 14.9 Å². The van der Waals surface area contributed by atoms with Gasteiger partial charge in [0.25, 0.3) is 0 Å². The number of hydrogen-bond donors (Lipinski definition) is 1. The maximum absolute atomic E-state index is 5.91. The van der Waals surface area contributed by atoms with Crippen molar-refractivity contribution in [3.63, 3.8) is 0 Å². The highest BCUT2D eigenvalue weighted by molar-refractivity contribution is 6.29. The summed E-state index contributed by atoms with van der Waals surface area (Å²) in [5, 5.41) is 0.434. The summed E-state index contributed by atoms with van der Waals surface area (Å²) in [5.74, 6) is 2.02. The SMILES string of the molecule is Nc1nc(Cl)cc(N2CCCC2C2CC2)n1. The fraction of sp³-hybridized carbons (Fsp3) is 0.636. The van der Waals surface area contributed by atoms with Gasteiger partial charge in [0.2, 0.25) is 5.95 Å². The summed E-state index contributed by atoms with van der Waals surface area (Å²) in [5.41, 5.74) is 5.63. The number of nitrogens with zero attached hydrogens (tertiary/aromatic N) is 3. The Morgan fingerprint density at radius 1 is 1.31 bits per heavy atom. The number of anilines is 2. The second-order valence-electron chi connectivity index (χ2n) is 4.65. The van der Waals surface area contributed by atoms with Gasteiger partial charge in [0.1, 0.15) is 11.0 Å². The van der Waals surface area contributed by atoms with Gasteiger partial charge in [0, 0.05) is 18.7 Å². The maximum Gasteiger partial charge on any atom is 0.223 e. The highest BCUT2D eigenvalue weighted by Crippen LogP contribution is 2.41. The van der Waals surface area contributed by atoms with Gasteiger partial charge in [-0.2, -0.15) is 4.98 Å². The Balaban J connectivity index is 1.89.